The fraction of sp³-hybridized carbons (Fsp3) is 0.300. The number of carbonyl (C=O) groups excluding carboxylic acids is 1. The smallest absolute Gasteiger partial charge is 0.119 e. The molecule has 0 aliphatic rings. The summed E-state index contributed by atoms with van der Waals surface area (Å²) in [7, 11) is 1.66. The van der Waals surface area contributed by atoms with Gasteiger partial charge in [0, 0.05) is 6.42 Å². The lowest BCUT2D eigenvalue weighted by molar-refractivity contribution is -0.107. The summed E-state index contributed by atoms with van der Waals surface area (Å²) in [6.45, 7) is 1.81. The Morgan fingerprint density at radius 2 is 1.83 bits per heavy atom. The van der Waals surface area contributed by atoms with E-state index in [2.05, 4.69) is 0 Å². The minimum absolute atomic E-state index is 0.639. The van der Waals surface area contributed by atoms with Crippen LogP contribution >= 0.6 is 0 Å². The van der Waals surface area contributed by atoms with Gasteiger partial charge in [0.2, 0.25) is 0 Å². The molecule has 0 bridgehead atoms. The number of ether oxygens (including phenoxy) is 1. The Hall–Kier alpha value is -1.31. The van der Waals surface area contributed by atoms with E-state index in [1.165, 1.54) is 0 Å². The van der Waals surface area contributed by atoms with Crippen LogP contribution in [-0.2, 0) is 4.79 Å². The highest BCUT2D eigenvalue weighted by Crippen LogP contribution is 2.05. The van der Waals surface area contributed by atoms with Crippen molar-refractivity contribution < 1.29 is 9.53 Å². The summed E-state index contributed by atoms with van der Waals surface area (Å²) in [5.74, 6) is 0.910. The maximum atomic E-state index is 9.17. The van der Waals surface area contributed by atoms with E-state index in [4.69, 9.17) is 4.74 Å². The summed E-state index contributed by atoms with van der Waals surface area (Å²) in [4.78, 5) is 9.17. The molecule has 0 atom stereocenters. The third-order valence-corrected chi connectivity index (χ3v) is 1.15. The van der Waals surface area contributed by atoms with E-state index < -0.39 is 0 Å². The summed E-state index contributed by atoms with van der Waals surface area (Å²) < 4.78 is 4.91. The lowest BCUT2D eigenvalue weighted by atomic mass is 10.3. The van der Waals surface area contributed by atoms with E-state index in [-0.39, 0.29) is 0 Å². The van der Waals surface area contributed by atoms with Gasteiger partial charge in [0.15, 0.2) is 0 Å². The maximum absolute atomic E-state index is 9.17. The van der Waals surface area contributed by atoms with Crippen LogP contribution in [0.1, 0.15) is 13.3 Å². The normalized spacial score (nSPS) is 7.83. The Kier molecular flexibility index (Phi) is 6.94. The molecule has 0 aromatic heterocycles. The third kappa shape index (κ3) is 5.47. The molecule has 0 saturated carbocycles. The molecule has 0 saturated heterocycles. The number of hydrogen-bond donors (Lipinski definition) is 0. The van der Waals surface area contributed by atoms with E-state index in [1.807, 2.05) is 37.3 Å². The zero-order valence-electron chi connectivity index (χ0n) is 7.49. The molecule has 0 spiro atoms. The fourth-order valence-corrected chi connectivity index (χ4v) is 0.557. The lowest BCUT2D eigenvalue weighted by Crippen LogP contribution is -1.78. The SMILES string of the molecule is CCC=O.COc1ccccc1. The van der Waals surface area contributed by atoms with Crippen LogP contribution in [0.2, 0.25) is 0 Å². The highest BCUT2D eigenvalue weighted by molar-refractivity contribution is 5.48. The molecule has 0 heterocycles. The van der Waals surface area contributed by atoms with Gasteiger partial charge < -0.3 is 9.53 Å². The van der Waals surface area contributed by atoms with Gasteiger partial charge in [0.25, 0.3) is 0 Å². The summed E-state index contributed by atoms with van der Waals surface area (Å²) in [5.41, 5.74) is 0. The van der Waals surface area contributed by atoms with Crippen molar-refractivity contribution in [1.29, 1.82) is 0 Å². The van der Waals surface area contributed by atoms with E-state index >= 15 is 0 Å². The van der Waals surface area contributed by atoms with E-state index in [0.29, 0.717) is 6.42 Å². The first-order chi connectivity index (χ1) is 5.85. The van der Waals surface area contributed by atoms with Crippen molar-refractivity contribution in [1.82, 2.24) is 0 Å². The highest BCUT2D eigenvalue weighted by Gasteiger charge is 1.80. The molecule has 1 aromatic carbocycles. The number of methoxy groups -OCH3 is 1. The number of aldehydes is 1. The molecule has 1 rings (SSSR count). The standard InChI is InChI=1S/C7H8O.C3H6O/c1-8-7-5-3-2-4-6-7;1-2-3-4/h2-6H,1H3;3H,2H2,1H3. The maximum Gasteiger partial charge on any atom is 0.119 e. The average Bonchev–Trinajstić information content (AvgIpc) is 2.19. The summed E-state index contributed by atoms with van der Waals surface area (Å²) in [6, 6.07) is 9.68. The average molecular weight is 166 g/mol. The van der Waals surface area contributed by atoms with Gasteiger partial charge in [-0.15, -0.1) is 0 Å². The van der Waals surface area contributed by atoms with Crippen LogP contribution in [0.3, 0.4) is 0 Å². The van der Waals surface area contributed by atoms with Gasteiger partial charge in [-0.2, -0.15) is 0 Å². The lowest BCUT2D eigenvalue weighted by Gasteiger charge is -1.93. The van der Waals surface area contributed by atoms with Crippen molar-refractivity contribution >= 4 is 6.29 Å². The molecular weight excluding hydrogens is 152 g/mol. The second-order valence-electron chi connectivity index (χ2n) is 2.09. The number of rotatable bonds is 2. The molecule has 0 unspecified atom stereocenters. The van der Waals surface area contributed by atoms with Crippen molar-refractivity contribution in [3.8, 4) is 5.75 Å². The molecule has 0 radical (unpaired) electrons. The Morgan fingerprint density at radius 3 is 2.08 bits per heavy atom. The topological polar surface area (TPSA) is 26.3 Å². The quantitative estimate of drug-likeness (QED) is 0.630. The number of hydrogen-bond acceptors (Lipinski definition) is 2. The second kappa shape index (κ2) is 7.79. The second-order valence-corrected chi connectivity index (χ2v) is 2.09. The molecule has 0 aliphatic heterocycles. The first-order valence-electron chi connectivity index (χ1n) is 3.87. The Bertz CT molecular complexity index is 194. The van der Waals surface area contributed by atoms with Gasteiger partial charge in [-0.25, -0.2) is 0 Å². The van der Waals surface area contributed by atoms with Crippen LogP contribution < -0.4 is 4.74 Å². The molecule has 2 nitrogen and oxygen atoms in total. The highest BCUT2D eigenvalue weighted by atomic mass is 16.5. The third-order valence-electron chi connectivity index (χ3n) is 1.15. The van der Waals surface area contributed by atoms with Gasteiger partial charge in [0.05, 0.1) is 7.11 Å². The molecule has 0 amide bonds. The van der Waals surface area contributed by atoms with Crippen molar-refractivity contribution in [2.45, 2.75) is 13.3 Å². The van der Waals surface area contributed by atoms with Crippen LogP contribution in [0.25, 0.3) is 0 Å². The van der Waals surface area contributed by atoms with Gasteiger partial charge in [-0.3, -0.25) is 0 Å². The summed E-state index contributed by atoms with van der Waals surface area (Å²) in [6.07, 6.45) is 1.51. The van der Waals surface area contributed by atoms with Crippen LogP contribution in [0.5, 0.6) is 5.75 Å². The predicted octanol–water partition coefficient (Wildman–Crippen LogP) is 2.29. The Labute approximate surface area is 73.2 Å². The van der Waals surface area contributed by atoms with Crippen LogP contribution in [0.15, 0.2) is 30.3 Å². The number of carbonyl (C=O) groups is 1. The summed E-state index contributed by atoms with van der Waals surface area (Å²) in [5, 5.41) is 0. The Morgan fingerprint density at radius 1 is 1.33 bits per heavy atom. The van der Waals surface area contributed by atoms with Crippen LogP contribution in [-0.4, -0.2) is 13.4 Å². The molecular formula is C10H14O2. The van der Waals surface area contributed by atoms with Gasteiger partial charge in [0.1, 0.15) is 12.0 Å². The molecule has 0 N–H and O–H groups in total. The fourth-order valence-electron chi connectivity index (χ4n) is 0.557. The molecule has 12 heavy (non-hydrogen) atoms. The van der Waals surface area contributed by atoms with E-state index in [9.17, 15) is 4.79 Å². The monoisotopic (exact) mass is 166 g/mol. The van der Waals surface area contributed by atoms with Gasteiger partial charge >= 0.3 is 0 Å². The zero-order valence-corrected chi connectivity index (χ0v) is 7.49. The van der Waals surface area contributed by atoms with E-state index in [1.54, 1.807) is 7.11 Å². The van der Waals surface area contributed by atoms with Crippen molar-refractivity contribution in [2.75, 3.05) is 7.11 Å². The minimum atomic E-state index is 0.639. The van der Waals surface area contributed by atoms with Crippen molar-refractivity contribution in [3.63, 3.8) is 0 Å². The van der Waals surface area contributed by atoms with Crippen molar-refractivity contribution in [3.05, 3.63) is 30.3 Å². The molecule has 1 aromatic rings. The number of para-hydroxylation sites is 1. The zero-order chi connectivity index (χ0) is 9.23. The molecule has 0 fully saturated rings. The minimum Gasteiger partial charge on any atom is -0.497 e. The molecule has 0 aliphatic carbocycles. The first-order valence-corrected chi connectivity index (χ1v) is 3.87. The van der Waals surface area contributed by atoms with Crippen LogP contribution in [0.4, 0.5) is 0 Å². The van der Waals surface area contributed by atoms with Crippen molar-refractivity contribution in [2.24, 2.45) is 0 Å². The largest absolute Gasteiger partial charge is 0.497 e. The molecule has 66 valence electrons. The molecule has 2 heteroatoms. The van der Waals surface area contributed by atoms with E-state index in [0.717, 1.165) is 12.0 Å². The van der Waals surface area contributed by atoms with Crippen LogP contribution in [0, 0.1) is 0 Å². The predicted molar refractivity (Wildman–Crippen MR) is 49.3 cm³/mol. The number of benzene rings is 1. The van der Waals surface area contributed by atoms with Gasteiger partial charge in [-0.05, 0) is 12.1 Å². The first kappa shape index (κ1) is 10.7. The summed E-state index contributed by atoms with van der Waals surface area (Å²) >= 11 is 0. The Balaban J connectivity index is 0.000000261. The van der Waals surface area contributed by atoms with Gasteiger partial charge in [-0.1, -0.05) is 25.1 Å².